The van der Waals surface area contributed by atoms with Crippen LogP contribution in [0.3, 0.4) is 0 Å². The van der Waals surface area contributed by atoms with Crippen molar-refractivity contribution in [3.8, 4) is 0 Å². The van der Waals surface area contributed by atoms with Crippen LogP contribution in [0.5, 0.6) is 0 Å². The van der Waals surface area contributed by atoms with E-state index in [1.807, 2.05) is 38.1 Å². The van der Waals surface area contributed by atoms with E-state index in [1.54, 1.807) is 23.1 Å². The number of hydrogen-bond donors (Lipinski definition) is 1. The van der Waals surface area contributed by atoms with Crippen LogP contribution in [-0.2, 0) is 4.79 Å². The Balaban J connectivity index is 1.30. The summed E-state index contributed by atoms with van der Waals surface area (Å²) >= 11 is 0. The topological polar surface area (TPSA) is 86.1 Å². The quantitative estimate of drug-likeness (QED) is 0.541. The van der Waals surface area contributed by atoms with Crippen molar-refractivity contribution in [2.45, 2.75) is 19.9 Å². The summed E-state index contributed by atoms with van der Waals surface area (Å²) in [6.45, 7) is 5.93. The highest BCUT2D eigenvalue weighted by molar-refractivity contribution is 5.98. The summed E-state index contributed by atoms with van der Waals surface area (Å²) in [7, 11) is 0. The van der Waals surface area contributed by atoms with Crippen LogP contribution < -0.4 is 10.2 Å². The number of amides is 3. The van der Waals surface area contributed by atoms with E-state index >= 15 is 0 Å². The molecule has 0 saturated carbocycles. The van der Waals surface area contributed by atoms with Gasteiger partial charge in [0.2, 0.25) is 5.91 Å². The highest BCUT2D eigenvalue weighted by Crippen LogP contribution is 2.21. The summed E-state index contributed by atoms with van der Waals surface area (Å²) in [5.41, 5.74) is 1.95. The van der Waals surface area contributed by atoms with Gasteiger partial charge in [0.15, 0.2) is 5.76 Å². The van der Waals surface area contributed by atoms with Crippen molar-refractivity contribution in [3.63, 3.8) is 0 Å². The number of carbonyl (C=O) groups excluding carboxylic acids is 3. The van der Waals surface area contributed by atoms with E-state index in [1.165, 1.54) is 29.4 Å². The van der Waals surface area contributed by atoms with Crippen LogP contribution in [0.1, 0.15) is 34.8 Å². The second-order valence-electron chi connectivity index (χ2n) is 8.89. The maximum absolute atomic E-state index is 13.5. The third-order valence-electron chi connectivity index (χ3n) is 6.08. The van der Waals surface area contributed by atoms with Crippen LogP contribution in [-0.4, -0.2) is 66.3 Å². The first kappa shape index (κ1) is 25.0. The fraction of sp³-hybridized carbons (Fsp3) is 0.296. The zero-order chi connectivity index (χ0) is 25.7. The molecule has 1 saturated heterocycles. The van der Waals surface area contributed by atoms with Gasteiger partial charge in [-0.25, -0.2) is 4.39 Å². The minimum atomic E-state index is -0.423. The molecule has 2 aromatic carbocycles. The van der Waals surface area contributed by atoms with Crippen LogP contribution in [0.15, 0.2) is 71.3 Å². The monoisotopic (exact) mass is 492 g/mol. The summed E-state index contributed by atoms with van der Waals surface area (Å²) in [5.74, 6) is -1.05. The molecule has 9 heteroatoms. The van der Waals surface area contributed by atoms with E-state index in [9.17, 15) is 18.8 Å². The molecule has 1 aliphatic rings. The summed E-state index contributed by atoms with van der Waals surface area (Å²) in [5, 5.41) is 2.84. The lowest BCUT2D eigenvalue weighted by Crippen LogP contribution is -2.48. The van der Waals surface area contributed by atoms with E-state index in [0.717, 1.165) is 5.69 Å². The number of benzene rings is 2. The average Bonchev–Trinajstić information content (AvgIpc) is 3.42. The lowest BCUT2D eigenvalue weighted by Gasteiger charge is -2.36. The third-order valence-corrected chi connectivity index (χ3v) is 6.08. The number of piperazine rings is 1. The number of anilines is 2. The molecule has 1 aromatic heterocycles. The van der Waals surface area contributed by atoms with Gasteiger partial charge in [0.1, 0.15) is 12.4 Å². The highest BCUT2D eigenvalue weighted by Gasteiger charge is 2.24. The van der Waals surface area contributed by atoms with Gasteiger partial charge in [-0.3, -0.25) is 14.4 Å². The summed E-state index contributed by atoms with van der Waals surface area (Å²) < 4.78 is 18.6. The molecule has 0 aliphatic carbocycles. The van der Waals surface area contributed by atoms with E-state index in [4.69, 9.17) is 4.42 Å². The fourth-order valence-electron chi connectivity index (χ4n) is 4.11. The van der Waals surface area contributed by atoms with Gasteiger partial charge in [-0.05, 0) is 68.4 Å². The highest BCUT2D eigenvalue weighted by atomic mass is 19.1. The Hall–Kier alpha value is -4.14. The molecule has 3 amide bonds. The lowest BCUT2D eigenvalue weighted by molar-refractivity contribution is -0.117. The molecule has 2 heterocycles. The molecule has 36 heavy (non-hydrogen) atoms. The first-order valence-corrected chi connectivity index (χ1v) is 11.9. The van der Waals surface area contributed by atoms with Gasteiger partial charge in [0, 0.05) is 49.2 Å². The van der Waals surface area contributed by atoms with Crippen molar-refractivity contribution in [2.75, 3.05) is 42.9 Å². The van der Waals surface area contributed by atoms with Crippen molar-refractivity contribution in [3.05, 3.63) is 84.1 Å². The Morgan fingerprint density at radius 3 is 2.33 bits per heavy atom. The van der Waals surface area contributed by atoms with Crippen molar-refractivity contribution in [2.24, 2.45) is 0 Å². The second-order valence-corrected chi connectivity index (χ2v) is 8.89. The molecule has 0 unspecified atom stereocenters. The van der Waals surface area contributed by atoms with Crippen molar-refractivity contribution < 1.29 is 23.2 Å². The Labute approximate surface area is 209 Å². The number of rotatable bonds is 7. The normalized spacial score (nSPS) is 13.6. The van der Waals surface area contributed by atoms with Crippen LogP contribution in [0, 0.1) is 5.82 Å². The van der Waals surface area contributed by atoms with Gasteiger partial charge in [-0.15, -0.1) is 0 Å². The molecule has 1 aliphatic heterocycles. The number of nitrogens with zero attached hydrogens (tertiary/aromatic N) is 3. The van der Waals surface area contributed by atoms with Crippen LogP contribution >= 0.6 is 0 Å². The summed E-state index contributed by atoms with van der Waals surface area (Å²) in [4.78, 5) is 43.2. The number of nitrogens with one attached hydrogen (secondary N) is 1. The third kappa shape index (κ3) is 5.91. The van der Waals surface area contributed by atoms with Crippen molar-refractivity contribution in [1.82, 2.24) is 9.80 Å². The number of carbonyl (C=O) groups is 3. The molecular weight excluding hydrogens is 463 g/mol. The molecule has 0 bridgehead atoms. The van der Waals surface area contributed by atoms with Crippen LogP contribution in [0.4, 0.5) is 15.8 Å². The van der Waals surface area contributed by atoms with E-state index in [-0.39, 0.29) is 36.1 Å². The standard InChI is InChI=1S/C27H29FN4O4/c1-19(2)32(27(35)24-7-4-16-36-24)18-25(33)29-22-8-10-23(11-9-22)30-12-14-31(15-13-30)26(34)20-5-3-6-21(28)17-20/h3-11,16-17,19H,12-15,18H2,1-2H3,(H,29,33). The lowest BCUT2D eigenvalue weighted by atomic mass is 10.1. The fourth-order valence-corrected chi connectivity index (χ4v) is 4.11. The van der Waals surface area contributed by atoms with Gasteiger partial charge in [-0.1, -0.05) is 6.07 Å². The number of hydrogen-bond acceptors (Lipinski definition) is 5. The maximum atomic E-state index is 13.5. The molecule has 0 atom stereocenters. The van der Waals surface area contributed by atoms with Gasteiger partial charge in [0.05, 0.1) is 6.26 Å². The summed E-state index contributed by atoms with van der Waals surface area (Å²) in [6, 6.07) is 16.2. The largest absolute Gasteiger partial charge is 0.459 e. The van der Waals surface area contributed by atoms with Gasteiger partial charge < -0.3 is 24.4 Å². The van der Waals surface area contributed by atoms with Crippen LogP contribution in [0.2, 0.25) is 0 Å². The molecule has 1 N–H and O–H groups in total. The van der Waals surface area contributed by atoms with Gasteiger partial charge >= 0.3 is 0 Å². The molecule has 4 rings (SSSR count). The first-order valence-electron chi connectivity index (χ1n) is 11.9. The van der Waals surface area contributed by atoms with Crippen molar-refractivity contribution >= 4 is 29.1 Å². The van der Waals surface area contributed by atoms with Gasteiger partial charge in [0.25, 0.3) is 11.8 Å². The van der Waals surface area contributed by atoms with E-state index in [0.29, 0.717) is 37.4 Å². The number of furan rings is 1. The van der Waals surface area contributed by atoms with Crippen LogP contribution in [0.25, 0.3) is 0 Å². The molecule has 3 aromatic rings. The summed E-state index contributed by atoms with van der Waals surface area (Å²) in [6.07, 6.45) is 1.43. The van der Waals surface area contributed by atoms with Gasteiger partial charge in [-0.2, -0.15) is 0 Å². The molecule has 0 radical (unpaired) electrons. The number of halogens is 1. The van der Waals surface area contributed by atoms with Crippen molar-refractivity contribution in [1.29, 1.82) is 0 Å². The smallest absolute Gasteiger partial charge is 0.290 e. The zero-order valence-corrected chi connectivity index (χ0v) is 20.3. The predicted molar refractivity (Wildman–Crippen MR) is 134 cm³/mol. The Morgan fingerprint density at radius 1 is 1.00 bits per heavy atom. The Kier molecular flexibility index (Phi) is 7.68. The Bertz CT molecular complexity index is 1200. The first-order chi connectivity index (χ1) is 17.3. The second kappa shape index (κ2) is 11.1. The average molecular weight is 493 g/mol. The minimum absolute atomic E-state index is 0.0970. The van der Waals surface area contributed by atoms with E-state index < -0.39 is 5.82 Å². The zero-order valence-electron chi connectivity index (χ0n) is 20.3. The molecular formula is C27H29FN4O4. The maximum Gasteiger partial charge on any atom is 0.290 e. The molecule has 8 nitrogen and oxygen atoms in total. The molecule has 0 spiro atoms. The molecule has 188 valence electrons. The Morgan fingerprint density at radius 2 is 1.72 bits per heavy atom. The predicted octanol–water partition coefficient (Wildman–Crippen LogP) is 3.87. The van der Waals surface area contributed by atoms with E-state index in [2.05, 4.69) is 10.2 Å². The molecule has 1 fully saturated rings. The minimum Gasteiger partial charge on any atom is -0.459 e. The SMILES string of the molecule is CC(C)N(CC(=O)Nc1ccc(N2CCN(C(=O)c3cccc(F)c3)CC2)cc1)C(=O)c1ccco1.